The number of rotatable bonds is 5. The molecule has 1 heterocycles. The van der Waals surface area contributed by atoms with Crippen molar-refractivity contribution < 1.29 is 4.74 Å². The third-order valence-corrected chi connectivity index (χ3v) is 3.79. The predicted molar refractivity (Wildman–Crippen MR) is 76.2 cm³/mol. The average Bonchev–Trinajstić information content (AvgIpc) is 2.88. The number of aromatic nitrogens is 1. The molecule has 1 N–H and O–H groups in total. The number of hydrogen-bond acceptors (Lipinski definition) is 4. The quantitative estimate of drug-likeness (QED) is 0.895. The second-order valence-electron chi connectivity index (χ2n) is 4.04. The van der Waals surface area contributed by atoms with Crippen LogP contribution in [0.1, 0.15) is 24.9 Å². The highest BCUT2D eigenvalue weighted by molar-refractivity contribution is 7.10. The molecule has 1 aromatic heterocycles. The van der Waals surface area contributed by atoms with Crippen LogP contribution in [0.25, 0.3) is 11.3 Å². The molecule has 0 aliphatic heterocycles. The Balaban J connectivity index is 2.25. The second-order valence-corrected chi connectivity index (χ2v) is 4.93. The molecule has 0 spiro atoms. The van der Waals surface area contributed by atoms with E-state index >= 15 is 0 Å². The summed E-state index contributed by atoms with van der Waals surface area (Å²) in [6.45, 7) is 4.78. The number of thiazole rings is 1. The molecule has 4 heteroatoms. The van der Waals surface area contributed by atoms with Gasteiger partial charge in [0.2, 0.25) is 0 Å². The SMILES string of the molecule is CCOc1cccc(-c2csc(C(C)NC)n2)c1. The van der Waals surface area contributed by atoms with Crippen molar-refractivity contribution in [3.8, 4) is 17.0 Å². The van der Waals surface area contributed by atoms with E-state index in [9.17, 15) is 0 Å². The first-order valence-corrected chi connectivity index (χ1v) is 6.98. The van der Waals surface area contributed by atoms with Crippen LogP contribution in [0.3, 0.4) is 0 Å². The third-order valence-electron chi connectivity index (χ3n) is 2.77. The van der Waals surface area contributed by atoms with Gasteiger partial charge in [0.05, 0.1) is 18.3 Å². The van der Waals surface area contributed by atoms with Gasteiger partial charge >= 0.3 is 0 Å². The maximum Gasteiger partial charge on any atom is 0.119 e. The number of nitrogens with one attached hydrogen (secondary N) is 1. The summed E-state index contributed by atoms with van der Waals surface area (Å²) in [6.07, 6.45) is 0. The van der Waals surface area contributed by atoms with Gasteiger partial charge in [-0.15, -0.1) is 11.3 Å². The lowest BCUT2D eigenvalue weighted by Gasteiger charge is -2.05. The Morgan fingerprint density at radius 1 is 1.44 bits per heavy atom. The molecule has 1 unspecified atom stereocenters. The lowest BCUT2D eigenvalue weighted by molar-refractivity contribution is 0.340. The number of nitrogens with zero attached hydrogens (tertiary/aromatic N) is 1. The standard InChI is InChI=1S/C14H18N2OS/c1-4-17-12-7-5-6-11(8-12)13-9-18-14(16-13)10(2)15-3/h5-10,15H,4H2,1-3H3. The van der Waals surface area contributed by atoms with E-state index in [0.29, 0.717) is 12.6 Å². The van der Waals surface area contributed by atoms with E-state index in [1.165, 1.54) is 0 Å². The summed E-state index contributed by atoms with van der Waals surface area (Å²) in [5, 5.41) is 6.40. The van der Waals surface area contributed by atoms with Crippen LogP contribution in [-0.2, 0) is 0 Å². The highest BCUT2D eigenvalue weighted by Gasteiger charge is 2.09. The average molecular weight is 262 g/mol. The fraction of sp³-hybridized carbons (Fsp3) is 0.357. The molecule has 18 heavy (non-hydrogen) atoms. The fourth-order valence-corrected chi connectivity index (χ4v) is 2.55. The Morgan fingerprint density at radius 2 is 2.28 bits per heavy atom. The maximum absolute atomic E-state index is 5.51. The monoisotopic (exact) mass is 262 g/mol. The first kappa shape index (κ1) is 13.1. The fourth-order valence-electron chi connectivity index (χ4n) is 1.65. The Bertz CT molecular complexity index is 510. The summed E-state index contributed by atoms with van der Waals surface area (Å²) in [7, 11) is 1.95. The van der Waals surface area contributed by atoms with Crippen molar-refractivity contribution in [2.45, 2.75) is 19.9 Å². The summed E-state index contributed by atoms with van der Waals surface area (Å²) in [6, 6.07) is 8.36. The zero-order chi connectivity index (χ0) is 13.0. The van der Waals surface area contributed by atoms with Gasteiger partial charge in [0.15, 0.2) is 0 Å². The molecule has 0 aliphatic carbocycles. The minimum Gasteiger partial charge on any atom is -0.494 e. The Hall–Kier alpha value is -1.39. The van der Waals surface area contributed by atoms with Crippen LogP contribution in [-0.4, -0.2) is 18.6 Å². The van der Waals surface area contributed by atoms with Gasteiger partial charge in [-0.1, -0.05) is 12.1 Å². The molecule has 0 aliphatic rings. The molecule has 96 valence electrons. The predicted octanol–water partition coefficient (Wildman–Crippen LogP) is 3.49. The number of hydrogen-bond donors (Lipinski definition) is 1. The maximum atomic E-state index is 5.51. The molecular weight excluding hydrogens is 244 g/mol. The molecule has 3 nitrogen and oxygen atoms in total. The van der Waals surface area contributed by atoms with Crippen LogP contribution in [0.15, 0.2) is 29.6 Å². The van der Waals surface area contributed by atoms with Gasteiger partial charge in [-0.2, -0.15) is 0 Å². The highest BCUT2D eigenvalue weighted by Crippen LogP contribution is 2.27. The van der Waals surface area contributed by atoms with Crippen LogP contribution < -0.4 is 10.1 Å². The van der Waals surface area contributed by atoms with Crippen molar-refractivity contribution >= 4 is 11.3 Å². The molecule has 2 rings (SSSR count). The van der Waals surface area contributed by atoms with Crippen LogP contribution in [0, 0.1) is 0 Å². The zero-order valence-electron chi connectivity index (χ0n) is 10.9. The lowest BCUT2D eigenvalue weighted by atomic mass is 10.1. The van der Waals surface area contributed by atoms with Crippen LogP contribution in [0.5, 0.6) is 5.75 Å². The van der Waals surface area contributed by atoms with E-state index in [1.54, 1.807) is 11.3 Å². The summed E-state index contributed by atoms with van der Waals surface area (Å²) in [5.74, 6) is 0.895. The molecule has 1 aromatic carbocycles. The summed E-state index contributed by atoms with van der Waals surface area (Å²) in [5.41, 5.74) is 2.12. The third kappa shape index (κ3) is 2.89. The zero-order valence-corrected chi connectivity index (χ0v) is 11.8. The van der Waals surface area contributed by atoms with Crippen molar-refractivity contribution in [1.29, 1.82) is 0 Å². The van der Waals surface area contributed by atoms with Crippen molar-refractivity contribution in [2.24, 2.45) is 0 Å². The Labute approximate surface area is 112 Å². The van der Waals surface area contributed by atoms with E-state index in [0.717, 1.165) is 22.0 Å². The molecular formula is C14H18N2OS. The largest absolute Gasteiger partial charge is 0.494 e. The Morgan fingerprint density at radius 3 is 3.00 bits per heavy atom. The van der Waals surface area contributed by atoms with Crippen LogP contribution >= 0.6 is 11.3 Å². The minimum absolute atomic E-state index is 0.291. The molecule has 0 fully saturated rings. The molecule has 2 aromatic rings. The second kappa shape index (κ2) is 5.98. The van der Waals surface area contributed by atoms with Crippen LogP contribution in [0.2, 0.25) is 0 Å². The number of benzene rings is 1. The van der Waals surface area contributed by atoms with Gasteiger partial charge in [-0.25, -0.2) is 4.98 Å². The van der Waals surface area contributed by atoms with E-state index < -0.39 is 0 Å². The van der Waals surface area contributed by atoms with Gasteiger partial charge < -0.3 is 10.1 Å². The van der Waals surface area contributed by atoms with Gasteiger partial charge in [-0.05, 0) is 33.0 Å². The minimum atomic E-state index is 0.291. The first-order valence-electron chi connectivity index (χ1n) is 6.10. The molecule has 0 saturated heterocycles. The normalized spacial score (nSPS) is 12.4. The van der Waals surface area contributed by atoms with Crippen LogP contribution in [0.4, 0.5) is 0 Å². The van der Waals surface area contributed by atoms with Crippen molar-refractivity contribution in [1.82, 2.24) is 10.3 Å². The van der Waals surface area contributed by atoms with E-state index in [2.05, 4.69) is 28.7 Å². The van der Waals surface area contributed by atoms with Crippen molar-refractivity contribution in [3.63, 3.8) is 0 Å². The van der Waals surface area contributed by atoms with Gasteiger partial charge in [0, 0.05) is 10.9 Å². The molecule has 0 saturated carbocycles. The summed E-state index contributed by atoms with van der Waals surface area (Å²) in [4.78, 5) is 4.65. The smallest absolute Gasteiger partial charge is 0.119 e. The van der Waals surface area contributed by atoms with Gasteiger partial charge in [-0.3, -0.25) is 0 Å². The van der Waals surface area contributed by atoms with Crippen molar-refractivity contribution in [3.05, 3.63) is 34.7 Å². The molecule has 0 radical (unpaired) electrons. The van der Waals surface area contributed by atoms with E-state index in [1.807, 2.05) is 32.2 Å². The molecule has 0 amide bonds. The molecule has 0 bridgehead atoms. The summed E-state index contributed by atoms with van der Waals surface area (Å²) < 4.78 is 5.51. The highest BCUT2D eigenvalue weighted by atomic mass is 32.1. The first-order chi connectivity index (χ1) is 8.74. The van der Waals surface area contributed by atoms with Gasteiger partial charge in [0.25, 0.3) is 0 Å². The molecule has 1 atom stereocenters. The van der Waals surface area contributed by atoms with E-state index in [-0.39, 0.29) is 0 Å². The lowest BCUT2D eigenvalue weighted by Crippen LogP contribution is -2.11. The van der Waals surface area contributed by atoms with Gasteiger partial charge in [0.1, 0.15) is 10.8 Å². The van der Waals surface area contributed by atoms with E-state index in [4.69, 9.17) is 4.74 Å². The topological polar surface area (TPSA) is 34.1 Å². The number of ether oxygens (including phenoxy) is 1. The summed E-state index contributed by atoms with van der Waals surface area (Å²) >= 11 is 1.68. The van der Waals surface area contributed by atoms with Crippen molar-refractivity contribution in [2.75, 3.05) is 13.7 Å². The Kier molecular flexibility index (Phi) is 4.33.